The minimum Gasteiger partial charge on any atom is -0.355 e. The van der Waals surface area contributed by atoms with Crippen LogP contribution >= 0.6 is 0 Å². The minimum atomic E-state index is 0.171. The molecule has 4 nitrogen and oxygen atoms in total. The van der Waals surface area contributed by atoms with Gasteiger partial charge in [0, 0.05) is 18.6 Å². The Hall–Kier alpha value is -0.610. The van der Waals surface area contributed by atoms with E-state index in [0.717, 1.165) is 19.6 Å². The van der Waals surface area contributed by atoms with Crippen LogP contribution in [0.3, 0.4) is 0 Å². The lowest BCUT2D eigenvalue weighted by atomic mass is 9.96. The molecular formula is C15H31N3O. The number of hydrogen-bond acceptors (Lipinski definition) is 3. The molecule has 1 saturated heterocycles. The molecule has 0 spiro atoms. The number of nitrogens with one attached hydrogen (secondary N) is 2. The van der Waals surface area contributed by atoms with Gasteiger partial charge in [0.05, 0.1) is 6.54 Å². The van der Waals surface area contributed by atoms with Crippen molar-refractivity contribution in [3.8, 4) is 0 Å². The molecule has 0 bridgehead atoms. The van der Waals surface area contributed by atoms with Crippen LogP contribution in [-0.2, 0) is 4.79 Å². The van der Waals surface area contributed by atoms with Crippen molar-refractivity contribution in [2.45, 2.75) is 59.0 Å². The third-order valence-electron chi connectivity index (χ3n) is 3.82. The van der Waals surface area contributed by atoms with Crippen LogP contribution in [0.25, 0.3) is 0 Å². The molecule has 0 aliphatic carbocycles. The van der Waals surface area contributed by atoms with Crippen LogP contribution in [0.4, 0.5) is 0 Å². The van der Waals surface area contributed by atoms with E-state index in [-0.39, 0.29) is 5.91 Å². The molecule has 1 heterocycles. The number of carbonyl (C=O) groups is 1. The second kappa shape index (κ2) is 8.54. The molecule has 112 valence electrons. The zero-order valence-electron chi connectivity index (χ0n) is 13.0. The molecule has 0 aromatic rings. The molecular weight excluding hydrogens is 238 g/mol. The first kappa shape index (κ1) is 16.4. The number of piperidine rings is 1. The van der Waals surface area contributed by atoms with E-state index >= 15 is 0 Å². The molecule has 1 rings (SSSR count). The van der Waals surface area contributed by atoms with Crippen molar-refractivity contribution in [2.24, 2.45) is 5.92 Å². The van der Waals surface area contributed by atoms with Gasteiger partial charge >= 0.3 is 0 Å². The van der Waals surface area contributed by atoms with E-state index in [2.05, 4.69) is 43.2 Å². The lowest BCUT2D eigenvalue weighted by Gasteiger charge is -2.39. The second-order valence-corrected chi connectivity index (χ2v) is 6.08. The Morgan fingerprint density at radius 3 is 2.68 bits per heavy atom. The first-order valence-corrected chi connectivity index (χ1v) is 7.78. The van der Waals surface area contributed by atoms with Gasteiger partial charge in [0.25, 0.3) is 0 Å². The second-order valence-electron chi connectivity index (χ2n) is 6.08. The normalized spacial score (nSPS) is 22.5. The van der Waals surface area contributed by atoms with Crippen LogP contribution < -0.4 is 10.6 Å². The highest BCUT2D eigenvalue weighted by Gasteiger charge is 2.28. The summed E-state index contributed by atoms with van der Waals surface area (Å²) in [5.41, 5.74) is 0. The molecule has 4 heteroatoms. The van der Waals surface area contributed by atoms with E-state index in [0.29, 0.717) is 24.5 Å². The van der Waals surface area contributed by atoms with Crippen LogP contribution in [-0.4, -0.2) is 49.1 Å². The van der Waals surface area contributed by atoms with Gasteiger partial charge in [-0.05, 0) is 38.8 Å². The summed E-state index contributed by atoms with van der Waals surface area (Å²) in [5, 5.41) is 6.52. The van der Waals surface area contributed by atoms with Crippen molar-refractivity contribution in [1.29, 1.82) is 0 Å². The maximum Gasteiger partial charge on any atom is 0.234 e. The zero-order chi connectivity index (χ0) is 14.3. The summed E-state index contributed by atoms with van der Waals surface area (Å²) in [6, 6.07) is 0.960. The summed E-state index contributed by atoms with van der Waals surface area (Å²) in [6.07, 6.45) is 3.70. The number of hydrogen-bond donors (Lipinski definition) is 2. The smallest absolute Gasteiger partial charge is 0.234 e. The van der Waals surface area contributed by atoms with Crippen molar-refractivity contribution in [3.05, 3.63) is 0 Å². The van der Waals surface area contributed by atoms with E-state index in [1.807, 2.05) is 0 Å². The molecule has 0 aromatic heterocycles. The van der Waals surface area contributed by atoms with E-state index < -0.39 is 0 Å². The Bertz CT molecular complexity index is 268. The van der Waals surface area contributed by atoms with Gasteiger partial charge in [-0.3, -0.25) is 9.69 Å². The van der Waals surface area contributed by atoms with Gasteiger partial charge in [0.15, 0.2) is 0 Å². The fourth-order valence-electron chi connectivity index (χ4n) is 2.80. The summed E-state index contributed by atoms with van der Waals surface area (Å²) in [4.78, 5) is 14.3. The zero-order valence-corrected chi connectivity index (χ0v) is 13.0. The van der Waals surface area contributed by atoms with Crippen molar-refractivity contribution in [2.75, 3.05) is 26.2 Å². The lowest BCUT2D eigenvalue weighted by Crippen LogP contribution is -2.53. The van der Waals surface area contributed by atoms with Gasteiger partial charge in [-0.1, -0.05) is 27.2 Å². The maximum atomic E-state index is 12.0. The number of amides is 1. The molecule has 1 aliphatic rings. The summed E-state index contributed by atoms with van der Waals surface area (Å²) >= 11 is 0. The fourth-order valence-corrected chi connectivity index (χ4v) is 2.80. The standard InChI is InChI=1S/C15H31N3O/c1-5-16-13(4)14-8-6-7-9-18(14)11-15(19)17-10-12(2)3/h12-14,16H,5-11H2,1-4H3,(H,17,19). The van der Waals surface area contributed by atoms with Crippen LogP contribution in [0.2, 0.25) is 0 Å². The largest absolute Gasteiger partial charge is 0.355 e. The van der Waals surface area contributed by atoms with Gasteiger partial charge in [-0.2, -0.15) is 0 Å². The predicted molar refractivity (Wildman–Crippen MR) is 80.2 cm³/mol. The third-order valence-corrected chi connectivity index (χ3v) is 3.82. The SMILES string of the molecule is CCNC(C)C1CCCCN1CC(=O)NCC(C)C. The molecule has 1 amide bonds. The Morgan fingerprint density at radius 1 is 1.32 bits per heavy atom. The van der Waals surface area contributed by atoms with Crippen LogP contribution in [0.1, 0.15) is 47.0 Å². The van der Waals surface area contributed by atoms with Crippen molar-refractivity contribution >= 4 is 5.91 Å². The van der Waals surface area contributed by atoms with Crippen molar-refractivity contribution < 1.29 is 4.79 Å². The molecule has 1 aliphatic heterocycles. The Kier molecular flexibility index (Phi) is 7.39. The monoisotopic (exact) mass is 269 g/mol. The quantitative estimate of drug-likeness (QED) is 0.738. The number of likely N-dealkylation sites (N-methyl/N-ethyl adjacent to an activating group) is 1. The predicted octanol–water partition coefficient (Wildman–Crippen LogP) is 1.61. The first-order chi connectivity index (χ1) is 9.04. The summed E-state index contributed by atoms with van der Waals surface area (Å²) in [6.45, 7) is 12.0. The van der Waals surface area contributed by atoms with E-state index in [1.165, 1.54) is 19.3 Å². The third kappa shape index (κ3) is 5.91. The number of carbonyl (C=O) groups excluding carboxylic acids is 1. The van der Waals surface area contributed by atoms with Gasteiger partial charge < -0.3 is 10.6 Å². The van der Waals surface area contributed by atoms with Crippen LogP contribution in [0.15, 0.2) is 0 Å². The molecule has 2 N–H and O–H groups in total. The van der Waals surface area contributed by atoms with E-state index in [1.54, 1.807) is 0 Å². The molecule has 0 saturated carbocycles. The Balaban J connectivity index is 2.45. The van der Waals surface area contributed by atoms with Crippen LogP contribution in [0, 0.1) is 5.92 Å². The summed E-state index contributed by atoms with van der Waals surface area (Å²) < 4.78 is 0. The highest BCUT2D eigenvalue weighted by atomic mass is 16.2. The average Bonchev–Trinajstić information content (AvgIpc) is 2.37. The lowest BCUT2D eigenvalue weighted by molar-refractivity contribution is -0.123. The molecule has 2 unspecified atom stereocenters. The average molecular weight is 269 g/mol. The highest BCUT2D eigenvalue weighted by molar-refractivity contribution is 5.78. The molecule has 2 atom stereocenters. The number of nitrogens with zero attached hydrogens (tertiary/aromatic N) is 1. The molecule has 19 heavy (non-hydrogen) atoms. The van der Waals surface area contributed by atoms with Crippen LogP contribution in [0.5, 0.6) is 0 Å². The van der Waals surface area contributed by atoms with Gasteiger partial charge in [0.1, 0.15) is 0 Å². The molecule has 0 aromatic carbocycles. The Labute approximate surface area is 118 Å². The minimum absolute atomic E-state index is 0.171. The topological polar surface area (TPSA) is 44.4 Å². The van der Waals surface area contributed by atoms with E-state index in [9.17, 15) is 4.79 Å². The molecule has 0 radical (unpaired) electrons. The van der Waals surface area contributed by atoms with Crippen molar-refractivity contribution in [1.82, 2.24) is 15.5 Å². The maximum absolute atomic E-state index is 12.0. The number of rotatable bonds is 7. The van der Waals surface area contributed by atoms with Gasteiger partial charge in [0.2, 0.25) is 5.91 Å². The number of likely N-dealkylation sites (tertiary alicyclic amines) is 1. The Morgan fingerprint density at radius 2 is 2.05 bits per heavy atom. The summed E-state index contributed by atoms with van der Waals surface area (Å²) in [5.74, 6) is 0.686. The summed E-state index contributed by atoms with van der Waals surface area (Å²) in [7, 11) is 0. The fraction of sp³-hybridized carbons (Fsp3) is 0.933. The molecule has 1 fully saturated rings. The van der Waals surface area contributed by atoms with Gasteiger partial charge in [-0.15, -0.1) is 0 Å². The highest BCUT2D eigenvalue weighted by Crippen LogP contribution is 2.19. The van der Waals surface area contributed by atoms with Gasteiger partial charge in [-0.25, -0.2) is 0 Å². The van der Waals surface area contributed by atoms with E-state index in [4.69, 9.17) is 0 Å². The first-order valence-electron chi connectivity index (χ1n) is 7.78. The van der Waals surface area contributed by atoms with Crippen molar-refractivity contribution in [3.63, 3.8) is 0 Å².